The highest BCUT2D eigenvalue weighted by Gasteiger charge is 2.16. The summed E-state index contributed by atoms with van der Waals surface area (Å²) in [4.78, 5) is 5.11. The Bertz CT molecular complexity index is 541. The van der Waals surface area contributed by atoms with E-state index in [1.807, 2.05) is 0 Å². The standard InChI is InChI=1S/C27H48N2O2/c1-4-6-8-9-10-25(3)27-13-11-26(12-14-27)24-29-17-15-28(16-18-29)19-21-31-23-22-30-20-7-5-2/h11-14,25H,4-10,15-24H2,1-3H3. The fourth-order valence-electron chi connectivity index (χ4n) is 4.19. The van der Waals surface area contributed by atoms with E-state index < -0.39 is 0 Å². The highest BCUT2D eigenvalue weighted by Crippen LogP contribution is 2.23. The second-order valence-corrected chi connectivity index (χ2v) is 9.19. The van der Waals surface area contributed by atoms with Crippen molar-refractivity contribution in [3.8, 4) is 0 Å². The van der Waals surface area contributed by atoms with E-state index in [9.17, 15) is 0 Å². The summed E-state index contributed by atoms with van der Waals surface area (Å²) in [5.74, 6) is 0.680. The Balaban J connectivity index is 1.56. The molecule has 1 aromatic carbocycles. The first kappa shape index (κ1) is 26.3. The van der Waals surface area contributed by atoms with E-state index in [2.05, 4.69) is 54.8 Å². The molecular weight excluding hydrogens is 384 g/mol. The summed E-state index contributed by atoms with van der Waals surface area (Å²) < 4.78 is 11.3. The van der Waals surface area contributed by atoms with E-state index in [0.29, 0.717) is 5.92 Å². The Hall–Kier alpha value is -0.940. The summed E-state index contributed by atoms with van der Waals surface area (Å²) in [6, 6.07) is 9.42. The number of rotatable bonds is 17. The van der Waals surface area contributed by atoms with E-state index in [0.717, 1.165) is 72.1 Å². The third kappa shape index (κ3) is 11.5. The second kappa shape index (κ2) is 16.7. The van der Waals surface area contributed by atoms with Gasteiger partial charge in [0, 0.05) is 45.9 Å². The lowest BCUT2D eigenvalue weighted by Gasteiger charge is -2.34. The molecule has 1 aliphatic heterocycles. The van der Waals surface area contributed by atoms with Gasteiger partial charge in [-0.25, -0.2) is 0 Å². The van der Waals surface area contributed by atoms with Gasteiger partial charge in [0.2, 0.25) is 0 Å². The van der Waals surface area contributed by atoms with Crippen molar-refractivity contribution in [1.29, 1.82) is 0 Å². The summed E-state index contributed by atoms with van der Waals surface area (Å²) in [5.41, 5.74) is 2.95. The molecule has 0 radical (unpaired) electrons. The highest BCUT2D eigenvalue weighted by atomic mass is 16.5. The molecule has 0 aliphatic carbocycles. The van der Waals surface area contributed by atoms with Gasteiger partial charge in [0.25, 0.3) is 0 Å². The van der Waals surface area contributed by atoms with Gasteiger partial charge in [-0.1, -0.05) is 77.1 Å². The number of benzene rings is 1. The summed E-state index contributed by atoms with van der Waals surface area (Å²) in [6.45, 7) is 16.7. The zero-order valence-electron chi connectivity index (χ0n) is 20.6. The Labute approximate surface area is 192 Å². The van der Waals surface area contributed by atoms with E-state index in [4.69, 9.17) is 9.47 Å². The maximum Gasteiger partial charge on any atom is 0.0701 e. The predicted molar refractivity (Wildman–Crippen MR) is 132 cm³/mol. The van der Waals surface area contributed by atoms with Crippen LogP contribution >= 0.6 is 0 Å². The van der Waals surface area contributed by atoms with Gasteiger partial charge < -0.3 is 9.47 Å². The molecule has 178 valence electrons. The smallest absolute Gasteiger partial charge is 0.0701 e. The Kier molecular flexibility index (Phi) is 14.1. The average Bonchev–Trinajstić information content (AvgIpc) is 2.80. The highest BCUT2D eigenvalue weighted by molar-refractivity contribution is 5.25. The molecule has 1 atom stereocenters. The molecule has 0 amide bonds. The number of piperazine rings is 1. The summed E-state index contributed by atoms with van der Waals surface area (Å²) in [7, 11) is 0. The van der Waals surface area contributed by atoms with Crippen molar-refractivity contribution in [3.05, 3.63) is 35.4 Å². The monoisotopic (exact) mass is 432 g/mol. The van der Waals surface area contributed by atoms with Gasteiger partial charge in [0.05, 0.1) is 19.8 Å². The van der Waals surface area contributed by atoms with Crippen molar-refractivity contribution in [3.63, 3.8) is 0 Å². The molecule has 1 unspecified atom stereocenters. The van der Waals surface area contributed by atoms with Crippen LogP contribution in [0, 0.1) is 0 Å². The third-order valence-electron chi connectivity index (χ3n) is 6.48. The topological polar surface area (TPSA) is 24.9 Å². The van der Waals surface area contributed by atoms with Crippen molar-refractivity contribution >= 4 is 0 Å². The lowest BCUT2D eigenvalue weighted by molar-refractivity contribution is 0.0305. The van der Waals surface area contributed by atoms with Crippen LogP contribution in [-0.4, -0.2) is 69.0 Å². The second-order valence-electron chi connectivity index (χ2n) is 9.19. The molecule has 0 N–H and O–H groups in total. The molecule has 4 heteroatoms. The van der Waals surface area contributed by atoms with E-state index in [-0.39, 0.29) is 0 Å². The van der Waals surface area contributed by atoms with Gasteiger partial charge in [-0.15, -0.1) is 0 Å². The molecule has 1 aromatic rings. The minimum absolute atomic E-state index is 0.680. The number of nitrogens with zero attached hydrogens (tertiary/aromatic N) is 2. The number of hydrogen-bond donors (Lipinski definition) is 0. The third-order valence-corrected chi connectivity index (χ3v) is 6.48. The van der Waals surface area contributed by atoms with Crippen LogP contribution in [0.3, 0.4) is 0 Å². The molecule has 0 aromatic heterocycles. The number of unbranched alkanes of at least 4 members (excludes halogenated alkanes) is 4. The van der Waals surface area contributed by atoms with Gasteiger partial charge in [-0.05, 0) is 29.9 Å². The van der Waals surface area contributed by atoms with Crippen LogP contribution in [0.4, 0.5) is 0 Å². The molecule has 31 heavy (non-hydrogen) atoms. The van der Waals surface area contributed by atoms with Crippen molar-refractivity contribution < 1.29 is 9.47 Å². The molecule has 0 saturated carbocycles. The van der Waals surface area contributed by atoms with E-state index in [1.54, 1.807) is 0 Å². The Morgan fingerprint density at radius 1 is 0.742 bits per heavy atom. The molecule has 0 bridgehead atoms. The minimum atomic E-state index is 0.680. The zero-order valence-corrected chi connectivity index (χ0v) is 20.6. The van der Waals surface area contributed by atoms with Crippen LogP contribution in [0.25, 0.3) is 0 Å². The molecule has 1 saturated heterocycles. The van der Waals surface area contributed by atoms with Crippen LogP contribution in [0.5, 0.6) is 0 Å². The van der Waals surface area contributed by atoms with Gasteiger partial charge in [0.15, 0.2) is 0 Å². The SMILES string of the molecule is CCCCCCC(C)c1ccc(CN2CCN(CCOCCOCCCC)CC2)cc1. The number of ether oxygens (including phenoxy) is 2. The minimum Gasteiger partial charge on any atom is -0.379 e. The van der Waals surface area contributed by atoms with Gasteiger partial charge in [-0.3, -0.25) is 9.80 Å². The Morgan fingerprint density at radius 2 is 1.39 bits per heavy atom. The van der Waals surface area contributed by atoms with Crippen LogP contribution in [-0.2, 0) is 16.0 Å². The fourth-order valence-corrected chi connectivity index (χ4v) is 4.19. The summed E-state index contributed by atoms with van der Waals surface area (Å²) in [5, 5.41) is 0. The first-order valence-electron chi connectivity index (χ1n) is 12.9. The van der Waals surface area contributed by atoms with Crippen LogP contribution in [0.2, 0.25) is 0 Å². The largest absolute Gasteiger partial charge is 0.379 e. The molecule has 1 fully saturated rings. The lowest BCUT2D eigenvalue weighted by atomic mass is 9.94. The summed E-state index contributed by atoms with van der Waals surface area (Å²) in [6.07, 6.45) is 9.09. The normalized spacial score (nSPS) is 16.6. The summed E-state index contributed by atoms with van der Waals surface area (Å²) >= 11 is 0. The molecule has 4 nitrogen and oxygen atoms in total. The van der Waals surface area contributed by atoms with Crippen LogP contribution in [0.15, 0.2) is 24.3 Å². The molecule has 1 heterocycles. The first-order chi connectivity index (χ1) is 15.2. The first-order valence-corrected chi connectivity index (χ1v) is 12.9. The average molecular weight is 433 g/mol. The molecule has 0 spiro atoms. The Morgan fingerprint density at radius 3 is 2.06 bits per heavy atom. The quantitative estimate of drug-likeness (QED) is 0.294. The van der Waals surface area contributed by atoms with Crippen molar-refractivity contribution in [1.82, 2.24) is 9.80 Å². The lowest BCUT2D eigenvalue weighted by Crippen LogP contribution is -2.46. The number of hydrogen-bond acceptors (Lipinski definition) is 4. The molecule has 2 rings (SSSR count). The van der Waals surface area contributed by atoms with Crippen LogP contribution < -0.4 is 0 Å². The molecule has 1 aliphatic rings. The fraction of sp³-hybridized carbons (Fsp3) is 0.778. The maximum atomic E-state index is 5.73. The van der Waals surface area contributed by atoms with Gasteiger partial charge >= 0.3 is 0 Å². The van der Waals surface area contributed by atoms with Gasteiger partial charge in [0.1, 0.15) is 0 Å². The zero-order chi connectivity index (χ0) is 22.2. The van der Waals surface area contributed by atoms with Crippen molar-refractivity contribution in [2.75, 3.05) is 59.2 Å². The van der Waals surface area contributed by atoms with E-state index >= 15 is 0 Å². The predicted octanol–water partition coefficient (Wildman–Crippen LogP) is 5.71. The van der Waals surface area contributed by atoms with E-state index in [1.165, 1.54) is 49.7 Å². The molecular formula is C27H48N2O2. The van der Waals surface area contributed by atoms with Crippen molar-refractivity contribution in [2.45, 2.75) is 78.2 Å². The van der Waals surface area contributed by atoms with Gasteiger partial charge in [-0.2, -0.15) is 0 Å². The maximum absolute atomic E-state index is 5.73. The van der Waals surface area contributed by atoms with Crippen LogP contribution in [0.1, 0.15) is 82.8 Å². The van der Waals surface area contributed by atoms with Crippen molar-refractivity contribution in [2.24, 2.45) is 0 Å².